The number of aromatic nitrogens is 1. The fourth-order valence-corrected chi connectivity index (χ4v) is 3.84. The number of nitrogens with one attached hydrogen (secondary N) is 1. The molecule has 0 unspecified atom stereocenters. The molecule has 3 N–H and O–H groups in total. The van der Waals surface area contributed by atoms with E-state index in [1.54, 1.807) is 24.2 Å². The quantitative estimate of drug-likeness (QED) is 0.890. The van der Waals surface area contributed by atoms with Crippen molar-refractivity contribution in [2.45, 2.75) is 37.8 Å². The predicted molar refractivity (Wildman–Crippen MR) is 90.5 cm³/mol. The van der Waals surface area contributed by atoms with Gasteiger partial charge in [0.25, 0.3) is 5.91 Å². The van der Waals surface area contributed by atoms with Crippen molar-refractivity contribution < 1.29 is 4.79 Å². The van der Waals surface area contributed by atoms with Crippen LogP contribution in [0.5, 0.6) is 0 Å². The molecule has 1 aromatic rings. The largest absolute Gasteiger partial charge is 0.347 e. The molecule has 0 aromatic carbocycles. The lowest BCUT2D eigenvalue weighted by Crippen LogP contribution is -2.49. The van der Waals surface area contributed by atoms with E-state index in [-0.39, 0.29) is 18.0 Å². The van der Waals surface area contributed by atoms with Crippen LogP contribution in [0, 0.1) is 0 Å². The number of nitrogens with two attached hydrogens (primary N) is 1. The van der Waals surface area contributed by atoms with Gasteiger partial charge in [-0.2, -0.15) is 0 Å². The fraction of sp³-hybridized carbons (Fsp3) is 0.500. The first-order valence-electron chi connectivity index (χ1n) is 7.82. The Kier molecular flexibility index (Phi) is 5.00. The highest BCUT2D eigenvalue weighted by Gasteiger charge is 2.26. The van der Waals surface area contributed by atoms with Crippen LogP contribution in [0.4, 0.5) is 5.69 Å². The highest BCUT2D eigenvalue weighted by Crippen LogP contribution is 2.26. The Hall–Kier alpha value is -1.53. The second-order valence-corrected chi connectivity index (χ2v) is 6.91. The smallest absolute Gasteiger partial charge is 0.259 e. The number of amides is 1. The lowest BCUT2D eigenvalue weighted by atomic mass is 9.91. The first-order chi connectivity index (χ1) is 10.7. The van der Waals surface area contributed by atoms with Crippen molar-refractivity contribution in [1.29, 1.82) is 0 Å². The van der Waals surface area contributed by atoms with Gasteiger partial charge < -0.3 is 16.0 Å². The Morgan fingerprint density at radius 3 is 2.86 bits per heavy atom. The number of nitrogens with zero attached hydrogens (tertiary/aromatic N) is 2. The second kappa shape index (κ2) is 7.15. The average molecular weight is 318 g/mol. The molecule has 1 aromatic heterocycles. The molecule has 2 atom stereocenters. The molecule has 0 bridgehead atoms. The van der Waals surface area contributed by atoms with E-state index in [0.29, 0.717) is 0 Å². The summed E-state index contributed by atoms with van der Waals surface area (Å²) in [6.07, 6.45) is 9.78. The van der Waals surface area contributed by atoms with Gasteiger partial charge in [-0.1, -0.05) is 12.8 Å². The number of carbonyl (C=O) groups excluding carboxylic acids is 1. The number of hydrogen-bond donors (Lipinski definition) is 2. The summed E-state index contributed by atoms with van der Waals surface area (Å²) >= 11 is 1.61. The van der Waals surface area contributed by atoms with Gasteiger partial charge in [0.1, 0.15) is 0 Å². The van der Waals surface area contributed by atoms with E-state index in [0.717, 1.165) is 42.2 Å². The van der Waals surface area contributed by atoms with Crippen LogP contribution in [0.3, 0.4) is 0 Å². The van der Waals surface area contributed by atoms with Crippen LogP contribution in [0.15, 0.2) is 35.6 Å². The summed E-state index contributed by atoms with van der Waals surface area (Å²) in [6.45, 7) is 0.897. The van der Waals surface area contributed by atoms with Crippen LogP contribution in [0.2, 0.25) is 0 Å². The van der Waals surface area contributed by atoms with Gasteiger partial charge >= 0.3 is 0 Å². The maximum atomic E-state index is 12.5. The van der Waals surface area contributed by atoms with Crippen LogP contribution in [-0.4, -0.2) is 35.3 Å². The monoisotopic (exact) mass is 318 g/mol. The van der Waals surface area contributed by atoms with Crippen molar-refractivity contribution in [1.82, 2.24) is 10.3 Å². The molecule has 2 aliphatic rings. The molecule has 2 heterocycles. The summed E-state index contributed by atoms with van der Waals surface area (Å²) in [5, 5.41) is 3.12. The third-order valence-corrected chi connectivity index (χ3v) is 5.21. The molecule has 118 valence electrons. The van der Waals surface area contributed by atoms with E-state index >= 15 is 0 Å². The number of thioether (sulfide) groups is 1. The molecule has 1 aliphatic carbocycles. The van der Waals surface area contributed by atoms with E-state index < -0.39 is 0 Å². The number of rotatable bonds is 3. The number of anilines is 1. The van der Waals surface area contributed by atoms with Crippen molar-refractivity contribution in [3.05, 3.63) is 35.6 Å². The van der Waals surface area contributed by atoms with Crippen LogP contribution in [0.1, 0.15) is 25.7 Å². The molecule has 5 nitrogen and oxygen atoms in total. The molecule has 0 radical (unpaired) electrons. The summed E-state index contributed by atoms with van der Waals surface area (Å²) in [7, 11) is 0. The van der Waals surface area contributed by atoms with Gasteiger partial charge in [0.05, 0.1) is 4.91 Å². The predicted octanol–water partition coefficient (Wildman–Crippen LogP) is 1.86. The molecule has 1 fully saturated rings. The van der Waals surface area contributed by atoms with E-state index in [9.17, 15) is 4.79 Å². The normalized spacial score (nSPS) is 25.5. The average Bonchev–Trinajstić information content (AvgIpc) is 2.58. The standard InChI is InChI=1S/C16H22N4OS/c17-13-3-1-2-4-14(13)19-16(21)15-11-20(9-10-22-15)12-5-7-18-8-6-12/h5-8,11,13-14H,1-4,9-10,17H2,(H,19,21)/t13-,14+/m0/s1. The molecule has 1 amide bonds. The van der Waals surface area contributed by atoms with Crippen molar-refractivity contribution in [2.75, 3.05) is 17.2 Å². The lowest BCUT2D eigenvalue weighted by molar-refractivity contribution is -0.117. The van der Waals surface area contributed by atoms with Crippen LogP contribution >= 0.6 is 11.8 Å². The van der Waals surface area contributed by atoms with Crippen molar-refractivity contribution in [2.24, 2.45) is 5.73 Å². The molecule has 1 saturated carbocycles. The summed E-state index contributed by atoms with van der Waals surface area (Å²) < 4.78 is 0. The van der Waals surface area contributed by atoms with E-state index in [1.807, 2.05) is 18.3 Å². The molecule has 6 heteroatoms. The number of carbonyl (C=O) groups is 1. The fourth-order valence-electron chi connectivity index (χ4n) is 2.94. The second-order valence-electron chi connectivity index (χ2n) is 5.77. The molecular weight excluding hydrogens is 296 g/mol. The molecule has 0 saturated heterocycles. The van der Waals surface area contributed by atoms with Crippen LogP contribution in [-0.2, 0) is 4.79 Å². The van der Waals surface area contributed by atoms with E-state index in [1.165, 1.54) is 6.42 Å². The highest BCUT2D eigenvalue weighted by atomic mass is 32.2. The van der Waals surface area contributed by atoms with Crippen molar-refractivity contribution in [3.8, 4) is 0 Å². The summed E-state index contributed by atoms with van der Waals surface area (Å²) in [6, 6.07) is 4.11. The zero-order valence-electron chi connectivity index (χ0n) is 12.6. The maximum absolute atomic E-state index is 12.5. The Balaban J connectivity index is 1.67. The Morgan fingerprint density at radius 1 is 1.32 bits per heavy atom. The van der Waals surface area contributed by atoms with Gasteiger partial charge in [-0.25, -0.2) is 0 Å². The Morgan fingerprint density at radius 2 is 2.09 bits per heavy atom. The van der Waals surface area contributed by atoms with Gasteiger partial charge in [-0.05, 0) is 25.0 Å². The maximum Gasteiger partial charge on any atom is 0.259 e. The van der Waals surface area contributed by atoms with Gasteiger partial charge in [-0.3, -0.25) is 9.78 Å². The summed E-state index contributed by atoms with van der Waals surface area (Å²) in [5.74, 6) is 0.907. The minimum atomic E-state index is 0.00565. The third kappa shape index (κ3) is 3.62. The van der Waals surface area contributed by atoms with Gasteiger partial charge in [0.15, 0.2) is 0 Å². The summed E-state index contributed by atoms with van der Waals surface area (Å²) in [4.78, 5) is 19.4. The van der Waals surface area contributed by atoms with Gasteiger partial charge in [0, 0.05) is 48.7 Å². The molecule has 3 rings (SSSR count). The van der Waals surface area contributed by atoms with Gasteiger partial charge in [-0.15, -0.1) is 11.8 Å². The molecule has 22 heavy (non-hydrogen) atoms. The van der Waals surface area contributed by atoms with Crippen LogP contribution < -0.4 is 16.0 Å². The SMILES string of the molecule is N[C@H]1CCCC[C@H]1NC(=O)C1=CN(c2ccncc2)CCS1. The minimum absolute atomic E-state index is 0.00565. The van der Waals surface area contributed by atoms with Gasteiger partial charge in [0.2, 0.25) is 0 Å². The minimum Gasteiger partial charge on any atom is -0.347 e. The van der Waals surface area contributed by atoms with E-state index in [2.05, 4.69) is 15.2 Å². The summed E-state index contributed by atoms with van der Waals surface area (Å²) in [5.41, 5.74) is 7.18. The first-order valence-corrected chi connectivity index (χ1v) is 8.80. The zero-order chi connectivity index (χ0) is 15.4. The zero-order valence-corrected chi connectivity index (χ0v) is 13.4. The number of hydrogen-bond acceptors (Lipinski definition) is 5. The molecule has 1 aliphatic heterocycles. The topological polar surface area (TPSA) is 71.2 Å². The highest BCUT2D eigenvalue weighted by molar-refractivity contribution is 8.04. The Bertz CT molecular complexity index is 548. The van der Waals surface area contributed by atoms with Crippen molar-refractivity contribution in [3.63, 3.8) is 0 Å². The number of pyridine rings is 1. The molecule has 0 spiro atoms. The lowest BCUT2D eigenvalue weighted by Gasteiger charge is -2.31. The Labute approximate surface area is 135 Å². The van der Waals surface area contributed by atoms with E-state index in [4.69, 9.17) is 5.73 Å². The van der Waals surface area contributed by atoms with Crippen molar-refractivity contribution >= 4 is 23.4 Å². The third-order valence-electron chi connectivity index (χ3n) is 4.22. The van der Waals surface area contributed by atoms with Crippen LogP contribution in [0.25, 0.3) is 0 Å². The molecular formula is C16H22N4OS. The first kappa shape index (κ1) is 15.4.